The third-order valence-electron chi connectivity index (χ3n) is 6.72. The van der Waals surface area contributed by atoms with Crippen molar-refractivity contribution in [1.29, 1.82) is 0 Å². The van der Waals surface area contributed by atoms with Crippen molar-refractivity contribution in [2.75, 3.05) is 0 Å². The molecule has 0 bridgehead atoms. The zero-order valence-electron chi connectivity index (χ0n) is 17.1. The summed E-state index contributed by atoms with van der Waals surface area (Å²) in [7, 11) is 6.76. The number of nitrogens with zero attached hydrogens (tertiary/aromatic N) is 3. The van der Waals surface area contributed by atoms with E-state index in [1.165, 1.54) is 11.1 Å². The number of halogens is 2. The van der Waals surface area contributed by atoms with Crippen LogP contribution in [0.4, 0.5) is 0 Å². The molecule has 0 aliphatic carbocycles. The van der Waals surface area contributed by atoms with Crippen LogP contribution >= 0.6 is 23.2 Å². The second-order valence-corrected chi connectivity index (χ2v) is 9.40. The van der Waals surface area contributed by atoms with E-state index in [2.05, 4.69) is 69.3 Å². The molecule has 0 saturated heterocycles. The van der Waals surface area contributed by atoms with Crippen LogP contribution in [0.5, 0.6) is 0 Å². The largest absolute Gasteiger partial charge is 0.322 e. The first-order valence-electron chi connectivity index (χ1n) is 9.93. The summed E-state index contributed by atoms with van der Waals surface area (Å²) in [5.74, 6) is 0. The fraction of sp³-hybridized carbons (Fsp3) is 0.143. The van der Waals surface area contributed by atoms with Gasteiger partial charge in [-0.25, -0.2) is 9.50 Å². The van der Waals surface area contributed by atoms with Gasteiger partial charge in [-0.1, -0.05) is 41.4 Å². The molecule has 9 heteroatoms. The van der Waals surface area contributed by atoms with E-state index in [1.54, 1.807) is 10.8 Å². The van der Waals surface area contributed by atoms with Crippen molar-refractivity contribution in [3.63, 3.8) is 0 Å². The Kier molecular flexibility index (Phi) is 4.55. The van der Waals surface area contributed by atoms with Crippen molar-refractivity contribution in [3.05, 3.63) is 87.8 Å². The number of benzene rings is 2. The van der Waals surface area contributed by atoms with Gasteiger partial charge < -0.3 is 5.32 Å². The monoisotopic (exact) mass is 430 g/mol. The lowest BCUT2D eigenvalue weighted by Gasteiger charge is -2.51. The van der Waals surface area contributed by atoms with Gasteiger partial charge in [0.1, 0.15) is 29.9 Å². The standard InChI is InChI=1S/C21H19B3Cl2N4/c22-20(15-3-5-17(25)18(26)8-15)16-4-1-12(7-14(16)9-28-21(20,23)24)13-2-6-19-27-11-29-30(19)10-13/h1-8,10-11,28H,9,22-24H2. The predicted octanol–water partition coefficient (Wildman–Crippen LogP) is 1.60. The van der Waals surface area contributed by atoms with Crippen LogP contribution in [0.2, 0.25) is 10.0 Å². The molecule has 0 spiro atoms. The third kappa shape index (κ3) is 2.91. The van der Waals surface area contributed by atoms with E-state index in [9.17, 15) is 0 Å². The van der Waals surface area contributed by atoms with E-state index in [0.29, 0.717) is 10.0 Å². The fourth-order valence-corrected chi connectivity index (χ4v) is 4.85. The number of hydrogen-bond donors (Lipinski definition) is 1. The lowest BCUT2D eigenvalue weighted by atomic mass is 9.36. The topological polar surface area (TPSA) is 42.2 Å². The lowest BCUT2D eigenvalue weighted by molar-refractivity contribution is 0.457. The molecular formula is C21H19B3Cl2N4. The smallest absolute Gasteiger partial charge is 0.155 e. The van der Waals surface area contributed by atoms with Crippen LogP contribution in [0.25, 0.3) is 16.8 Å². The van der Waals surface area contributed by atoms with E-state index < -0.39 is 0 Å². The van der Waals surface area contributed by atoms with E-state index >= 15 is 0 Å². The Hall–Kier alpha value is -2.21. The number of aromatic nitrogens is 3. The summed E-state index contributed by atoms with van der Waals surface area (Å²) in [5, 5.41) is 8.71. The summed E-state index contributed by atoms with van der Waals surface area (Å²) in [5.41, 5.74) is 6.83. The van der Waals surface area contributed by atoms with Crippen molar-refractivity contribution in [2.45, 2.75) is 17.2 Å². The van der Waals surface area contributed by atoms with Crippen molar-refractivity contribution in [1.82, 2.24) is 19.9 Å². The van der Waals surface area contributed by atoms with Crippen molar-refractivity contribution in [2.24, 2.45) is 0 Å². The average Bonchev–Trinajstić information content (AvgIpc) is 3.20. The molecule has 1 atom stereocenters. The van der Waals surface area contributed by atoms with Crippen LogP contribution in [-0.2, 0) is 11.9 Å². The van der Waals surface area contributed by atoms with Gasteiger partial charge in [-0.3, -0.25) is 0 Å². The van der Waals surface area contributed by atoms with Gasteiger partial charge in [0.25, 0.3) is 0 Å². The Morgan fingerprint density at radius 2 is 1.73 bits per heavy atom. The Balaban J connectivity index is 1.65. The Bertz CT molecular complexity index is 1290. The molecule has 30 heavy (non-hydrogen) atoms. The molecule has 0 saturated carbocycles. The maximum atomic E-state index is 6.39. The van der Waals surface area contributed by atoms with Crippen LogP contribution in [0.1, 0.15) is 16.7 Å². The SMILES string of the molecule is BC1(B)NCc2cc(-c3ccc4ncnn4c3)ccc2C1(B)c1ccc(Cl)c(Cl)c1. The first-order valence-corrected chi connectivity index (χ1v) is 10.7. The second kappa shape index (κ2) is 6.91. The third-order valence-corrected chi connectivity index (χ3v) is 7.46. The highest BCUT2D eigenvalue weighted by molar-refractivity contribution is 6.46. The minimum absolute atomic E-state index is 0.168. The molecule has 3 heterocycles. The van der Waals surface area contributed by atoms with Crippen molar-refractivity contribution in [3.8, 4) is 11.1 Å². The van der Waals surface area contributed by atoms with Gasteiger partial charge in [-0.05, 0) is 63.2 Å². The van der Waals surface area contributed by atoms with Crippen LogP contribution in [-0.4, -0.2) is 43.5 Å². The molecule has 0 radical (unpaired) electrons. The first kappa shape index (κ1) is 19.7. The van der Waals surface area contributed by atoms with Crippen LogP contribution < -0.4 is 5.32 Å². The Labute approximate surface area is 188 Å². The molecule has 0 fully saturated rings. The van der Waals surface area contributed by atoms with Crippen LogP contribution in [0, 0.1) is 0 Å². The molecule has 2 aromatic heterocycles. The normalized spacial score (nSPS) is 20.2. The van der Waals surface area contributed by atoms with Gasteiger partial charge in [0.2, 0.25) is 0 Å². The second-order valence-electron chi connectivity index (χ2n) is 8.58. The van der Waals surface area contributed by atoms with Crippen molar-refractivity contribution < 1.29 is 0 Å². The Morgan fingerprint density at radius 1 is 0.933 bits per heavy atom. The molecule has 0 amide bonds. The minimum Gasteiger partial charge on any atom is -0.322 e. The van der Waals surface area contributed by atoms with Gasteiger partial charge in [-0.2, -0.15) is 5.10 Å². The summed E-state index contributed by atoms with van der Waals surface area (Å²) in [6.45, 7) is 0.804. The highest BCUT2D eigenvalue weighted by Gasteiger charge is 2.46. The molecule has 1 unspecified atom stereocenters. The predicted molar refractivity (Wildman–Crippen MR) is 131 cm³/mol. The highest BCUT2D eigenvalue weighted by atomic mass is 35.5. The summed E-state index contributed by atoms with van der Waals surface area (Å²) in [6.07, 6.45) is 3.59. The zero-order chi connectivity index (χ0) is 21.1. The molecule has 5 rings (SSSR count). The Morgan fingerprint density at radius 3 is 2.53 bits per heavy atom. The molecule has 1 aliphatic rings. The highest BCUT2D eigenvalue weighted by Crippen LogP contribution is 2.43. The zero-order valence-corrected chi connectivity index (χ0v) is 18.6. The molecule has 1 N–H and O–H groups in total. The maximum absolute atomic E-state index is 6.39. The average molecular weight is 431 g/mol. The van der Waals surface area contributed by atoms with E-state index in [0.717, 1.165) is 28.9 Å². The number of fused-ring (bicyclic) bond motifs is 2. The summed E-state index contributed by atoms with van der Waals surface area (Å²) >= 11 is 12.6. The molecule has 4 aromatic rings. The molecule has 146 valence electrons. The number of rotatable bonds is 2. The number of nitrogens with one attached hydrogen (secondary N) is 1. The summed E-state index contributed by atoms with van der Waals surface area (Å²) in [4.78, 5) is 4.23. The van der Waals surface area contributed by atoms with Gasteiger partial charge in [-0.15, -0.1) is 0 Å². The summed E-state index contributed by atoms with van der Waals surface area (Å²) < 4.78 is 1.80. The van der Waals surface area contributed by atoms with Gasteiger partial charge in [0, 0.05) is 18.3 Å². The number of hydrogen-bond acceptors (Lipinski definition) is 3. The summed E-state index contributed by atoms with van der Waals surface area (Å²) in [6, 6.07) is 16.7. The van der Waals surface area contributed by atoms with Crippen molar-refractivity contribution >= 4 is 52.4 Å². The molecule has 2 aromatic carbocycles. The van der Waals surface area contributed by atoms with Gasteiger partial charge >= 0.3 is 0 Å². The lowest BCUT2D eigenvalue weighted by Crippen LogP contribution is -2.65. The van der Waals surface area contributed by atoms with E-state index in [-0.39, 0.29) is 10.7 Å². The molecular weight excluding hydrogens is 412 g/mol. The quantitative estimate of drug-likeness (QED) is 0.491. The van der Waals surface area contributed by atoms with Crippen LogP contribution in [0.15, 0.2) is 61.1 Å². The molecule has 1 aliphatic heterocycles. The van der Waals surface area contributed by atoms with Gasteiger partial charge in [0.05, 0.1) is 10.0 Å². The fourth-order valence-electron chi connectivity index (χ4n) is 4.55. The first-order chi connectivity index (χ1) is 14.3. The molecule has 4 nitrogen and oxygen atoms in total. The van der Waals surface area contributed by atoms with E-state index in [1.807, 2.05) is 24.4 Å². The maximum Gasteiger partial charge on any atom is 0.155 e. The van der Waals surface area contributed by atoms with E-state index in [4.69, 9.17) is 23.2 Å². The number of pyridine rings is 1. The van der Waals surface area contributed by atoms with Gasteiger partial charge in [0.15, 0.2) is 5.65 Å². The minimum atomic E-state index is -0.275. The van der Waals surface area contributed by atoms with Crippen LogP contribution in [0.3, 0.4) is 0 Å².